The number of rotatable bonds is 5. The number of halogens is 2. The van der Waals surface area contributed by atoms with Crippen LogP contribution in [-0.4, -0.2) is 57.9 Å². The largest absolute Gasteiger partial charge is 0.450 e. The smallest absolute Gasteiger partial charge is 0.306 e. The minimum Gasteiger partial charge on any atom is -0.450 e. The van der Waals surface area contributed by atoms with Gasteiger partial charge in [-0.05, 0) is 62.7 Å². The second-order valence-corrected chi connectivity index (χ2v) is 10.5. The summed E-state index contributed by atoms with van der Waals surface area (Å²) < 4.78 is 38.3. The minimum atomic E-state index is -2.27. The maximum absolute atomic E-state index is 17.1. The monoisotopic (exact) mass is 466 g/mol. The SMILES string of the molecule is CCCC(=O)O[C@]1(C(=O)CO)CCC2C3C[C@H](F)C4=CC(=O)C=CC4(C)[C@@]3(F)C(O)CC21C. The highest BCUT2D eigenvalue weighted by atomic mass is 19.1. The molecule has 0 aromatic heterocycles. The molecule has 4 rings (SSSR count). The Kier molecular flexibility index (Phi) is 5.72. The van der Waals surface area contributed by atoms with Gasteiger partial charge in [0.15, 0.2) is 17.1 Å². The molecule has 5 unspecified atom stereocenters. The summed E-state index contributed by atoms with van der Waals surface area (Å²) in [5.41, 5.74) is -6.64. The fraction of sp³-hybridized carbons (Fsp3) is 0.720. The summed E-state index contributed by atoms with van der Waals surface area (Å²) in [5, 5.41) is 21.0. The summed E-state index contributed by atoms with van der Waals surface area (Å²) in [6.45, 7) is 4.13. The zero-order valence-corrected chi connectivity index (χ0v) is 19.3. The first-order valence-corrected chi connectivity index (χ1v) is 11.7. The summed E-state index contributed by atoms with van der Waals surface area (Å²) >= 11 is 0. The number of allylic oxidation sites excluding steroid dienone is 4. The van der Waals surface area contributed by atoms with Gasteiger partial charge in [0.25, 0.3) is 0 Å². The highest BCUT2D eigenvalue weighted by Crippen LogP contribution is 2.70. The van der Waals surface area contributed by atoms with E-state index in [1.807, 2.05) is 0 Å². The van der Waals surface area contributed by atoms with Crippen LogP contribution in [0.3, 0.4) is 0 Å². The second kappa shape index (κ2) is 7.80. The number of hydrogen-bond donors (Lipinski definition) is 2. The number of esters is 1. The van der Waals surface area contributed by atoms with Gasteiger partial charge in [0, 0.05) is 23.2 Å². The van der Waals surface area contributed by atoms with Gasteiger partial charge in [0.05, 0.1) is 6.10 Å². The normalized spacial score (nSPS) is 46.2. The van der Waals surface area contributed by atoms with Crippen LogP contribution in [0.25, 0.3) is 0 Å². The molecule has 0 amide bonds. The third-order valence-electron chi connectivity index (χ3n) is 9.08. The zero-order valence-electron chi connectivity index (χ0n) is 19.3. The molecule has 0 heterocycles. The van der Waals surface area contributed by atoms with E-state index in [9.17, 15) is 24.6 Å². The molecule has 0 aromatic carbocycles. The molecule has 3 saturated carbocycles. The van der Waals surface area contributed by atoms with E-state index in [-0.39, 0.29) is 37.7 Å². The van der Waals surface area contributed by atoms with E-state index >= 15 is 8.78 Å². The van der Waals surface area contributed by atoms with Crippen LogP contribution < -0.4 is 0 Å². The molecule has 0 aliphatic heterocycles. The van der Waals surface area contributed by atoms with Gasteiger partial charge in [-0.1, -0.05) is 19.9 Å². The van der Waals surface area contributed by atoms with Crippen LogP contribution in [0.1, 0.15) is 59.3 Å². The molecule has 8 heteroatoms. The Hall–Kier alpha value is -1.93. The average molecular weight is 467 g/mol. The molecule has 4 aliphatic rings. The lowest BCUT2D eigenvalue weighted by Crippen LogP contribution is -2.70. The Morgan fingerprint density at radius 1 is 1.27 bits per heavy atom. The Labute approximate surface area is 192 Å². The van der Waals surface area contributed by atoms with Gasteiger partial charge in [-0.2, -0.15) is 0 Å². The number of ether oxygens (including phenoxy) is 1. The van der Waals surface area contributed by atoms with Crippen molar-refractivity contribution < 1.29 is 38.1 Å². The number of carbonyl (C=O) groups excluding carboxylic acids is 3. The van der Waals surface area contributed by atoms with Gasteiger partial charge >= 0.3 is 5.97 Å². The summed E-state index contributed by atoms with van der Waals surface area (Å²) in [6.07, 6.45) is 1.01. The number of fused-ring (bicyclic) bond motifs is 5. The Bertz CT molecular complexity index is 945. The summed E-state index contributed by atoms with van der Waals surface area (Å²) in [5.74, 6) is -3.24. The standard InChI is InChI=1S/C25H32F2O6/c1-4-5-21(32)33-24(20(31)13-28)9-7-15-16-11-18(26)17-10-14(29)6-8-22(17,2)25(16,27)19(30)12-23(15,24)3/h6,8,10,15-16,18-19,28,30H,4-5,7,9,11-13H2,1-3H3/t15?,16?,18-,19?,22?,23?,24-,25-/m0/s1. The fourth-order valence-electron chi connectivity index (χ4n) is 7.45. The van der Waals surface area contributed by atoms with Crippen LogP contribution in [0.2, 0.25) is 0 Å². The third-order valence-corrected chi connectivity index (χ3v) is 9.08. The Morgan fingerprint density at radius 3 is 2.61 bits per heavy atom. The summed E-state index contributed by atoms with van der Waals surface area (Å²) in [6, 6.07) is 0. The summed E-state index contributed by atoms with van der Waals surface area (Å²) in [4.78, 5) is 37.4. The van der Waals surface area contributed by atoms with Crippen molar-refractivity contribution in [1.82, 2.24) is 0 Å². The van der Waals surface area contributed by atoms with Crippen LogP contribution in [0.4, 0.5) is 8.78 Å². The molecule has 3 fully saturated rings. The van der Waals surface area contributed by atoms with Crippen molar-refractivity contribution >= 4 is 17.5 Å². The first kappa shape index (κ1) is 24.2. The molecule has 0 radical (unpaired) electrons. The van der Waals surface area contributed by atoms with E-state index in [4.69, 9.17) is 4.74 Å². The molecule has 0 aromatic rings. The molecular formula is C25H32F2O6. The molecular weight excluding hydrogens is 434 g/mol. The summed E-state index contributed by atoms with van der Waals surface area (Å²) in [7, 11) is 0. The van der Waals surface area contributed by atoms with Crippen molar-refractivity contribution in [1.29, 1.82) is 0 Å². The van der Waals surface area contributed by atoms with Crippen molar-refractivity contribution in [2.24, 2.45) is 22.7 Å². The number of alkyl halides is 2. The highest BCUT2D eigenvalue weighted by Gasteiger charge is 2.76. The van der Waals surface area contributed by atoms with Gasteiger partial charge in [-0.3, -0.25) is 14.4 Å². The molecule has 8 atom stereocenters. The topological polar surface area (TPSA) is 101 Å². The average Bonchev–Trinajstić information content (AvgIpc) is 3.04. The number of Topliss-reactive ketones (excluding diaryl/α,β-unsaturated/α-hetero) is 1. The predicted octanol–water partition coefficient (Wildman–Crippen LogP) is 2.95. The van der Waals surface area contributed by atoms with Gasteiger partial charge in [0.2, 0.25) is 5.78 Å². The first-order valence-electron chi connectivity index (χ1n) is 11.7. The number of hydrogen-bond acceptors (Lipinski definition) is 6. The van der Waals surface area contributed by atoms with Crippen LogP contribution >= 0.6 is 0 Å². The maximum atomic E-state index is 17.1. The Morgan fingerprint density at radius 2 is 1.97 bits per heavy atom. The second-order valence-electron chi connectivity index (χ2n) is 10.5. The van der Waals surface area contributed by atoms with E-state index in [0.29, 0.717) is 6.42 Å². The number of aliphatic hydroxyl groups excluding tert-OH is 2. The molecule has 0 spiro atoms. The molecule has 4 aliphatic carbocycles. The van der Waals surface area contributed by atoms with Crippen LogP contribution in [0.5, 0.6) is 0 Å². The van der Waals surface area contributed by atoms with E-state index in [2.05, 4.69) is 0 Å². The molecule has 0 bridgehead atoms. The van der Waals surface area contributed by atoms with E-state index < -0.39 is 70.4 Å². The molecule has 6 nitrogen and oxygen atoms in total. The number of aliphatic hydroxyl groups is 2. The number of ketones is 2. The molecule has 0 saturated heterocycles. The van der Waals surface area contributed by atoms with Crippen LogP contribution in [0.15, 0.2) is 23.8 Å². The van der Waals surface area contributed by atoms with Crippen molar-refractivity contribution in [3.8, 4) is 0 Å². The zero-order chi connectivity index (χ0) is 24.4. The maximum Gasteiger partial charge on any atom is 0.306 e. The van der Waals surface area contributed by atoms with Crippen molar-refractivity contribution in [3.05, 3.63) is 23.8 Å². The van der Waals surface area contributed by atoms with Crippen molar-refractivity contribution in [3.63, 3.8) is 0 Å². The van der Waals surface area contributed by atoms with Gasteiger partial charge in [-0.15, -0.1) is 0 Å². The lowest BCUT2D eigenvalue weighted by atomic mass is 9.44. The van der Waals surface area contributed by atoms with Crippen molar-refractivity contribution in [2.45, 2.75) is 82.8 Å². The fourth-order valence-corrected chi connectivity index (χ4v) is 7.45. The van der Waals surface area contributed by atoms with Gasteiger partial charge in [-0.25, -0.2) is 8.78 Å². The lowest BCUT2D eigenvalue weighted by molar-refractivity contribution is -0.229. The predicted molar refractivity (Wildman–Crippen MR) is 114 cm³/mol. The molecule has 33 heavy (non-hydrogen) atoms. The van der Waals surface area contributed by atoms with Gasteiger partial charge in [0.1, 0.15) is 12.8 Å². The minimum absolute atomic E-state index is 0.0291. The Balaban J connectivity index is 1.82. The van der Waals surface area contributed by atoms with E-state index in [0.717, 1.165) is 6.08 Å². The van der Waals surface area contributed by atoms with E-state index in [1.54, 1.807) is 13.8 Å². The first-order chi connectivity index (χ1) is 15.4. The van der Waals surface area contributed by atoms with Crippen molar-refractivity contribution in [2.75, 3.05) is 6.61 Å². The third kappa shape index (κ3) is 2.99. The van der Waals surface area contributed by atoms with E-state index in [1.165, 1.54) is 19.1 Å². The lowest BCUT2D eigenvalue weighted by Gasteiger charge is -2.63. The highest BCUT2D eigenvalue weighted by molar-refractivity contribution is 6.01. The molecule has 182 valence electrons. The molecule has 2 N–H and O–H groups in total. The van der Waals surface area contributed by atoms with Gasteiger partial charge < -0.3 is 14.9 Å². The van der Waals surface area contributed by atoms with Crippen LogP contribution in [-0.2, 0) is 19.1 Å². The quantitative estimate of drug-likeness (QED) is 0.605. The number of carbonyl (C=O) groups is 3. The van der Waals surface area contributed by atoms with Crippen LogP contribution in [0, 0.1) is 22.7 Å².